The van der Waals surface area contributed by atoms with Crippen LogP contribution >= 0.6 is 11.6 Å². The molecule has 0 bridgehead atoms. The van der Waals surface area contributed by atoms with Crippen molar-refractivity contribution >= 4 is 28.4 Å². The lowest BCUT2D eigenvalue weighted by atomic mass is 10.1. The highest BCUT2D eigenvalue weighted by atomic mass is 35.5. The molecule has 37 heavy (non-hydrogen) atoms. The summed E-state index contributed by atoms with van der Waals surface area (Å²) < 4.78 is 7.43. The molecule has 4 aromatic rings. The molecule has 3 aromatic carbocycles. The number of aryl methyl sites for hydroxylation is 2. The van der Waals surface area contributed by atoms with E-state index < -0.39 is 6.04 Å². The molecule has 0 N–H and O–H groups in total. The van der Waals surface area contributed by atoms with Crippen LogP contribution in [0.5, 0.6) is 5.75 Å². The zero-order chi connectivity index (χ0) is 26.7. The van der Waals surface area contributed by atoms with Crippen molar-refractivity contribution in [2.24, 2.45) is 5.92 Å². The van der Waals surface area contributed by atoms with Gasteiger partial charge in [0.15, 0.2) is 6.61 Å². The number of aromatic nitrogens is 2. The van der Waals surface area contributed by atoms with Crippen molar-refractivity contribution in [2.45, 2.75) is 40.7 Å². The molecular formula is C30H32ClN3O3. The summed E-state index contributed by atoms with van der Waals surface area (Å²) in [5.41, 5.74) is 3.26. The predicted molar refractivity (Wildman–Crippen MR) is 149 cm³/mol. The highest BCUT2D eigenvalue weighted by molar-refractivity contribution is 6.30. The van der Waals surface area contributed by atoms with E-state index in [1.54, 1.807) is 39.8 Å². The molecule has 192 valence electrons. The number of halogens is 1. The minimum atomic E-state index is -0.485. The van der Waals surface area contributed by atoms with Gasteiger partial charge in [0.1, 0.15) is 11.6 Å². The molecule has 0 radical (unpaired) electrons. The van der Waals surface area contributed by atoms with Gasteiger partial charge in [0.25, 0.3) is 11.5 Å². The standard InChI is InChI=1S/C30H32ClN3O3/c1-19(2)17-33(28(35)18-37-24-13-11-23(31)12-14-24)22(5)29-32-26-9-7-6-8-25(26)30(36)34(29)27-15-10-20(3)16-21(27)4/h6-16,19,22H,17-18H2,1-5H3. The fraction of sp³-hybridized carbons (Fsp3) is 0.300. The van der Waals surface area contributed by atoms with Crippen molar-refractivity contribution in [1.82, 2.24) is 14.5 Å². The first kappa shape index (κ1) is 26.4. The van der Waals surface area contributed by atoms with E-state index in [0.717, 1.165) is 16.8 Å². The Morgan fingerprint density at radius 1 is 1.03 bits per heavy atom. The third kappa shape index (κ3) is 5.86. The van der Waals surface area contributed by atoms with Crippen molar-refractivity contribution in [3.63, 3.8) is 0 Å². The number of benzene rings is 3. The maximum Gasteiger partial charge on any atom is 0.266 e. The molecule has 0 spiro atoms. The van der Waals surface area contributed by atoms with E-state index in [1.165, 1.54) is 0 Å². The van der Waals surface area contributed by atoms with Crippen LogP contribution in [0.2, 0.25) is 5.02 Å². The molecule has 1 aromatic heterocycles. The van der Waals surface area contributed by atoms with Crippen LogP contribution in [0.25, 0.3) is 16.6 Å². The van der Waals surface area contributed by atoms with Gasteiger partial charge in [-0.15, -0.1) is 0 Å². The molecule has 0 saturated heterocycles. The van der Waals surface area contributed by atoms with Gasteiger partial charge in [-0.3, -0.25) is 14.2 Å². The van der Waals surface area contributed by atoms with Crippen LogP contribution in [0.1, 0.15) is 43.8 Å². The summed E-state index contributed by atoms with van der Waals surface area (Å²) in [5.74, 6) is 1.08. The van der Waals surface area contributed by atoms with E-state index in [1.807, 2.05) is 57.2 Å². The van der Waals surface area contributed by atoms with E-state index in [4.69, 9.17) is 21.3 Å². The summed E-state index contributed by atoms with van der Waals surface area (Å²) in [5, 5.41) is 1.13. The summed E-state index contributed by atoms with van der Waals surface area (Å²) in [6.07, 6.45) is 0. The van der Waals surface area contributed by atoms with Crippen LogP contribution in [0.15, 0.2) is 71.5 Å². The first-order chi connectivity index (χ1) is 17.7. The number of rotatable bonds is 8. The minimum absolute atomic E-state index is 0.139. The second kappa shape index (κ2) is 11.2. The maximum absolute atomic E-state index is 13.8. The molecule has 6 nitrogen and oxygen atoms in total. The SMILES string of the molecule is Cc1ccc(-n2c(C(C)N(CC(C)C)C(=O)COc3ccc(Cl)cc3)nc3ccccc3c2=O)c(C)c1. The van der Waals surface area contributed by atoms with Crippen LogP contribution in [-0.4, -0.2) is 33.5 Å². The average Bonchev–Trinajstić information content (AvgIpc) is 2.87. The third-order valence-corrected chi connectivity index (χ3v) is 6.55. The molecule has 7 heteroatoms. The van der Waals surface area contributed by atoms with Gasteiger partial charge in [-0.1, -0.05) is 55.3 Å². The number of para-hydroxylation sites is 1. The number of hydrogen-bond donors (Lipinski definition) is 0. The number of ether oxygens (including phenoxy) is 1. The summed E-state index contributed by atoms with van der Waals surface area (Å²) >= 11 is 5.97. The summed E-state index contributed by atoms with van der Waals surface area (Å²) in [6.45, 7) is 10.4. The lowest BCUT2D eigenvalue weighted by Crippen LogP contribution is -2.41. The normalized spacial score (nSPS) is 12.1. The van der Waals surface area contributed by atoms with E-state index in [9.17, 15) is 9.59 Å². The lowest BCUT2D eigenvalue weighted by Gasteiger charge is -2.32. The smallest absolute Gasteiger partial charge is 0.266 e. The van der Waals surface area contributed by atoms with E-state index >= 15 is 0 Å². The third-order valence-electron chi connectivity index (χ3n) is 6.29. The summed E-state index contributed by atoms with van der Waals surface area (Å²) in [7, 11) is 0. The molecule has 1 atom stereocenters. The van der Waals surface area contributed by atoms with Crippen molar-refractivity contribution in [1.29, 1.82) is 0 Å². The Balaban J connectivity index is 1.79. The number of carbonyl (C=O) groups is 1. The van der Waals surface area contributed by atoms with Crippen molar-refractivity contribution in [3.05, 3.63) is 99.1 Å². The monoisotopic (exact) mass is 517 g/mol. The summed E-state index contributed by atoms with van der Waals surface area (Å²) in [4.78, 5) is 34.0. The highest BCUT2D eigenvalue weighted by Crippen LogP contribution is 2.26. The van der Waals surface area contributed by atoms with Crippen molar-refractivity contribution < 1.29 is 9.53 Å². The van der Waals surface area contributed by atoms with E-state index in [0.29, 0.717) is 34.0 Å². The first-order valence-electron chi connectivity index (χ1n) is 12.4. The number of fused-ring (bicyclic) bond motifs is 1. The van der Waals surface area contributed by atoms with Gasteiger partial charge >= 0.3 is 0 Å². The van der Waals surface area contributed by atoms with Crippen LogP contribution in [0.3, 0.4) is 0 Å². The molecule has 1 amide bonds. The lowest BCUT2D eigenvalue weighted by molar-refractivity contribution is -0.136. The fourth-order valence-corrected chi connectivity index (χ4v) is 4.61. The molecule has 0 aliphatic carbocycles. The zero-order valence-corrected chi connectivity index (χ0v) is 22.6. The zero-order valence-electron chi connectivity index (χ0n) is 21.9. The van der Waals surface area contributed by atoms with Crippen LogP contribution < -0.4 is 10.3 Å². The Kier molecular flexibility index (Phi) is 7.98. The Morgan fingerprint density at radius 3 is 2.41 bits per heavy atom. The van der Waals surface area contributed by atoms with Gasteiger partial charge in [-0.2, -0.15) is 0 Å². The quantitative estimate of drug-likeness (QED) is 0.276. The largest absolute Gasteiger partial charge is 0.484 e. The fourth-order valence-electron chi connectivity index (χ4n) is 4.49. The molecule has 1 unspecified atom stereocenters. The number of carbonyl (C=O) groups excluding carboxylic acids is 1. The van der Waals surface area contributed by atoms with Gasteiger partial charge in [0.05, 0.1) is 22.6 Å². The molecular weight excluding hydrogens is 486 g/mol. The molecule has 0 saturated carbocycles. The molecule has 1 heterocycles. The van der Waals surface area contributed by atoms with E-state index in [2.05, 4.69) is 13.8 Å². The first-order valence-corrected chi connectivity index (χ1v) is 12.8. The van der Waals surface area contributed by atoms with Crippen molar-refractivity contribution in [3.8, 4) is 11.4 Å². The number of hydrogen-bond acceptors (Lipinski definition) is 4. The Hall–Kier alpha value is -3.64. The maximum atomic E-state index is 13.8. The second-order valence-electron chi connectivity index (χ2n) is 9.78. The Morgan fingerprint density at radius 2 is 1.73 bits per heavy atom. The second-order valence-corrected chi connectivity index (χ2v) is 10.2. The molecule has 0 aliphatic heterocycles. The van der Waals surface area contributed by atoms with Crippen molar-refractivity contribution in [2.75, 3.05) is 13.2 Å². The Labute approximate surface area is 222 Å². The van der Waals surface area contributed by atoms with Gasteiger partial charge < -0.3 is 9.64 Å². The minimum Gasteiger partial charge on any atom is -0.484 e. The highest BCUT2D eigenvalue weighted by Gasteiger charge is 2.28. The molecule has 0 aliphatic rings. The Bertz CT molecular complexity index is 1480. The van der Waals surface area contributed by atoms with Crippen LogP contribution in [0, 0.1) is 19.8 Å². The summed E-state index contributed by atoms with van der Waals surface area (Å²) in [6, 6.07) is 19.7. The van der Waals surface area contributed by atoms with Gasteiger partial charge in [0.2, 0.25) is 0 Å². The number of nitrogens with zero attached hydrogens (tertiary/aromatic N) is 3. The predicted octanol–water partition coefficient (Wildman–Crippen LogP) is 6.28. The van der Waals surface area contributed by atoms with Gasteiger partial charge in [-0.25, -0.2) is 4.98 Å². The van der Waals surface area contributed by atoms with Gasteiger partial charge in [0, 0.05) is 11.6 Å². The molecule has 0 fully saturated rings. The average molecular weight is 518 g/mol. The van der Waals surface area contributed by atoms with Gasteiger partial charge in [-0.05, 0) is 74.7 Å². The topological polar surface area (TPSA) is 64.4 Å². The number of amides is 1. The van der Waals surface area contributed by atoms with Crippen LogP contribution in [-0.2, 0) is 4.79 Å². The molecule has 4 rings (SSSR count). The van der Waals surface area contributed by atoms with E-state index in [-0.39, 0.29) is 24.0 Å². The van der Waals surface area contributed by atoms with Crippen LogP contribution in [0.4, 0.5) is 0 Å².